The van der Waals surface area contributed by atoms with E-state index in [0.717, 1.165) is 15.7 Å². The van der Waals surface area contributed by atoms with Gasteiger partial charge in [-0.1, -0.05) is 41.9 Å². The molecule has 0 amide bonds. The standard InChI is InChI=1S/C18H18BrN3O2/c1-18(2)8-15(23)13(16(24)9-18)10-20-17-7-14(21-22-17)11-4-3-5-12(19)6-11/h3-7,10,23H,8-9H2,1-2H3,(H,21,22). The van der Waals surface area contributed by atoms with Crippen LogP contribution in [0.5, 0.6) is 0 Å². The molecule has 24 heavy (non-hydrogen) atoms. The van der Waals surface area contributed by atoms with Gasteiger partial charge in [-0.05, 0) is 17.5 Å². The summed E-state index contributed by atoms with van der Waals surface area (Å²) in [5, 5.41) is 17.2. The fraction of sp³-hybridized carbons (Fsp3) is 0.278. The van der Waals surface area contributed by atoms with Gasteiger partial charge in [0.15, 0.2) is 11.6 Å². The topological polar surface area (TPSA) is 78.3 Å². The molecule has 1 heterocycles. The maximum absolute atomic E-state index is 12.2. The van der Waals surface area contributed by atoms with E-state index in [-0.39, 0.29) is 22.5 Å². The molecule has 1 aromatic heterocycles. The van der Waals surface area contributed by atoms with Crippen molar-refractivity contribution in [1.82, 2.24) is 10.2 Å². The molecule has 0 atom stereocenters. The van der Waals surface area contributed by atoms with Crippen molar-refractivity contribution in [2.24, 2.45) is 10.4 Å². The fourth-order valence-corrected chi connectivity index (χ4v) is 3.16. The largest absolute Gasteiger partial charge is 0.511 e. The van der Waals surface area contributed by atoms with Crippen LogP contribution in [0, 0.1) is 5.41 Å². The number of aromatic nitrogens is 2. The van der Waals surface area contributed by atoms with E-state index in [9.17, 15) is 9.90 Å². The van der Waals surface area contributed by atoms with Crippen molar-refractivity contribution >= 4 is 33.7 Å². The van der Waals surface area contributed by atoms with Crippen LogP contribution in [0.3, 0.4) is 0 Å². The smallest absolute Gasteiger partial charge is 0.174 e. The molecule has 0 aliphatic heterocycles. The van der Waals surface area contributed by atoms with E-state index in [1.807, 2.05) is 38.1 Å². The highest BCUT2D eigenvalue weighted by Crippen LogP contribution is 2.35. The predicted molar refractivity (Wildman–Crippen MR) is 97.6 cm³/mol. The van der Waals surface area contributed by atoms with Gasteiger partial charge in [0.1, 0.15) is 5.76 Å². The second kappa shape index (κ2) is 6.36. The van der Waals surface area contributed by atoms with Gasteiger partial charge in [-0.3, -0.25) is 9.89 Å². The molecule has 124 valence electrons. The Kier molecular flexibility index (Phi) is 4.41. The molecule has 2 N–H and O–H groups in total. The lowest BCUT2D eigenvalue weighted by Crippen LogP contribution is -2.26. The summed E-state index contributed by atoms with van der Waals surface area (Å²) < 4.78 is 0.977. The number of rotatable bonds is 3. The van der Waals surface area contributed by atoms with Crippen molar-refractivity contribution < 1.29 is 9.90 Å². The summed E-state index contributed by atoms with van der Waals surface area (Å²) in [6.45, 7) is 3.93. The molecule has 0 saturated carbocycles. The van der Waals surface area contributed by atoms with Gasteiger partial charge in [0.05, 0.1) is 11.3 Å². The van der Waals surface area contributed by atoms with Gasteiger partial charge < -0.3 is 5.11 Å². The average molecular weight is 388 g/mol. The molecule has 2 aromatic rings. The van der Waals surface area contributed by atoms with Crippen LogP contribution in [0.2, 0.25) is 0 Å². The number of ketones is 1. The Morgan fingerprint density at radius 3 is 2.83 bits per heavy atom. The van der Waals surface area contributed by atoms with Crippen molar-refractivity contribution in [2.45, 2.75) is 26.7 Å². The fourth-order valence-electron chi connectivity index (χ4n) is 2.76. The maximum Gasteiger partial charge on any atom is 0.174 e. The lowest BCUT2D eigenvalue weighted by atomic mass is 9.77. The first-order valence-electron chi connectivity index (χ1n) is 7.65. The number of hydrogen-bond donors (Lipinski definition) is 2. The number of nitrogens with one attached hydrogen (secondary N) is 1. The highest BCUT2D eigenvalue weighted by Gasteiger charge is 2.32. The summed E-state index contributed by atoms with van der Waals surface area (Å²) in [7, 11) is 0. The van der Waals surface area contributed by atoms with Gasteiger partial charge in [0.25, 0.3) is 0 Å². The van der Waals surface area contributed by atoms with Gasteiger partial charge in [0, 0.05) is 35.2 Å². The van der Waals surface area contributed by atoms with E-state index < -0.39 is 0 Å². The van der Waals surface area contributed by atoms with Gasteiger partial charge >= 0.3 is 0 Å². The zero-order valence-electron chi connectivity index (χ0n) is 13.5. The van der Waals surface area contributed by atoms with E-state index in [1.54, 1.807) is 6.07 Å². The summed E-state index contributed by atoms with van der Waals surface area (Å²) in [4.78, 5) is 16.4. The normalized spacial score (nSPS) is 17.7. The molecule has 6 heteroatoms. The summed E-state index contributed by atoms with van der Waals surface area (Å²) in [5.41, 5.74) is 1.88. The Labute approximate surface area is 148 Å². The molecule has 0 spiro atoms. The van der Waals surface area contributed by atoms with E-state index in [4.69, 9.17) is 0 Å². The minimum absolute atomic E-state index is 0.0877. The van der Waals surface area contributed by atoms with Crippen LogP contribution < -0.4 is 0 Å². The molecule has 0 saturated heterocycles. The number of allylic oxidation sites excluding steroid dienone is 2. The number of carbonyl (C=O) groups is 1. The third-order valence-electron chi connectivity index (χ3n) is 3.92. The molecule has 1 aliphatic carbocycles. The minimum Gasteiger partial charge on any atom is -0.511 e. The number of benzene rings is 1. The van der Waals surface area contributed by atoms with Crippen molar-refractivity contribution in [2.75, 3.05) is 0 Å². The van der Waals surface area contributed by atoms with Gasteiger partial charge in [-0.25, -0.2) is 4.99 Å². The van der Waals surface area contributed by atoms with Crippen molar-refractivity contribution in [3.63, 3.8) is 0 Å². The van der Waals surface area contributed by atoms with E-state index in [1.165, 1.54) is 6.21 Å². The second-order valence-electron chi connectivity index (χ2n) is 6.71. The first-order valence-corrected chi connectivity index (χ1v) is 8.44. The quantitative estimate of drug-likeness (QED) is 0.746. The Hall–Kier alpha value is -2.21. The Balaban J connectivity index is 1.82. The lowest BCUT2D eigenvalue weighted by molar-refractivity contribution is -0.117. The molecular formula is C18H18BrN3O2. The number of aliphatic imine (C=N–C) groups is 1. The first kappa shape index (κ1) is 16.6. The maximum atomic E-state index is 12.2. The number of hydrogen-bond acceptors (Lipinski definition) is 4. The van der Waals surface area contributed by atoms with Gasteiger partial charge in [-0.15, -0.1) is 0 Å². The van der Waals surface area contributed by atoms with Crippen molar-refractivity contribution in [1.29, 1.82) is 0 Å². The van der Waals surface area contributed by atoms with Crippen LogP contribution >= 0.6 is 15.9 Å². The number of H-pyrrole nitrogens is 1. The molecule has 1 aliphatic rings. The second-order valence-corrected chi connectivity index (χ2v) is 7.63. The van der Waals surface area contributed by atoms with E-state index in [2.05, 4.69) is 31.1 Å². The third-order valence-corrected chi connectivity index (χ3v) is 4.42. The molecular weight excluding hydrogens is 370 g/mol. The summed E-state index contributed by atoms with van der Waals surface area (Å²) in [6.07, 6.45) is 2.29. The number of Topliss-reactive ketones (excluding diaryl/α,β-unsaturated/α-hetero) is 1. The number of aromatic amines is 1. The molecule has 1 aromatic carbocycles. The van der Waals surface area contributed by atoms with Crippen LogP contribution in [0.15, 0.2) is 51.1 Å². The van der Waals surface area contributed by atoms with Crippen LogP contribution in [0.4, 0.5) is 5.82 Å². The van der Waals surface area contributed by atoms with E-state index in [0.29, 0.717) is 18.7 Å². The zero-order valence-corrected chi connectivity index (χ0v) is 15.1. The number of aliphatic hydroxyl groups is 1. The molecule has 3 rings (SSSR count). The predicted octanol–water partition coefficient (Wildman–Crippen LogP) is 4.74. The number of nitrogens with zero attached hydrogens (tertiary/aromatic N) is 2. The summed E-state index contributed by atoms with van der Waals surface area (Å²) >= 11 is 3.44. The van der Waals surface area contributed by atoms with Crippen LogP contribution in [0.25, 0.3) is 11.3 Å². The summed E-state index contributed by atoms with van der Waals surface area (Å²) in [5.74, 6) is 0.473. The monoisotopic (exact) mass is 387 g/mol. The average Bonchev–Trinajstić information content (AvgIpc) is 2.94. The third kappa shape index (κ3) is 3.64. The molecule has 0 fully saturated rings. The van der Waals surface area contributed by atoms with Crippen LogP contribution in [-0.4, -0.2) is 27.3 Å². The minimum atomic E-state index is -0.210. The van der Waals surface area contributed by atoms with Crippen molar-refractivity contribution in [3.8, 4) is 11.3 Å². The number of carbonyl (C=O) groups excluding carboxylic acids is 1. The Morgan fingerprint density at radius 2 is 2.12 bits per heavy atom. The highest BCUT2D eigenvalue weighted by molar-refractivity contribution is 9.10. The molecule has 0 unspecified atom stereocenters. The molecule has 0 bridgehead atoms. The SMILES string of the molecule is CC1(C)CC(=O)C(C=Nc2cc(-c3cccc(Br)c3)[nH]n2)=C(O)C1. The van der Waals surface area contributed by atoms with Gasteiger partial charge in [-0.2, -0.15) is 5.10 Å². The highest BCUT2D eigenvalue weighted by atomic mass is 79.9. The Bertz CT molecular complexity index is 849. The Morgan fingerprint density at radius 1 is 1.33 bits per heavy atom. The number of aliphatic hydroxyl groups excluding tert-OH is 1. The van der Waals surface area contributed by atoms with E-state index >= 15 is 0 Å². The van der Waals surface area contributed by atoms with Gasteiger partial charge in [0.2, 0.25) is 0 Å². The van der Waals surface area contributed by atoms with Crippen molar-refractivity contribution in [3.05, 3.63) is 46.1 Å². The zero-order chi connectivity index (χ0) is 17.3. The van der Waals surface area contributed by atoms with Crippen LogP contribution in [0.1, 0.15) is 26.7 Å². The first-order chi connectivity index (χ1) is 11.3. The summed E-state index contributed by atoms with van der Waals surface area (Å²) in [6, 6.07) is 9.63. The van der Waals surface area contributed by atoms with Crippen LogP contribution in [-0.2, 0) is 4.79 Å². The number of halogens is 1. The molecule has 5 nitrogen and oxygen atoms in total. The molecule has 0 radical (unpaired) electrons. The lowest BCUT2D eigenvalue weighted by Gasteiger charge is -2.28.